The van der Waals surface area contributed by atoms with E-state index in [0.29, 0.717) is 11.8 Å². The van der Waals surface area contributed by atoms with Gasteiger partial charge in [0.15, 0.2) is 0 Å². The summed E-state index contributed by atoms with van der Waals surface area (Å²) in [5, 5.41) is 4.03. The van der Waals surface area contributed by atoms with E-state index in [9.17, 15) is 0 Å². The van der Waals surface area contributed by atoms with Crippen LogP contribution in [0.15, 0.2) is 18.8 Å². The molecule has 0 saturated heterocycles. The summed E-state index contributed by atoms with van der Waals surface area (Å²) in [5.74, 6) is 0.701. The highest BCUT2D eigenvalue weighted by atomic mass is 79.9. The fourth-order valence-corrected chi connectivity index (χ4v) is 3.54. The van der Waals surface area contributed by atoms with Gasteiger partial charge < -0.3 is 10.3 Å². The van der Waals surface area contributed by atoms with Crippen LogP contribution in [0.4, 0.5) is 5.88 Å². The number of nitrogen functional groups attached to an aromatic ring is 1. The summed E-state index contributed by atoms with van der Waals surface area (Å²) < 4.78 is 7.12. The molecule has 0 aliphatic carbocycles. The average molecular weight is 366 g/mol. The summed E-state index contributed by atoms with van der Waals surface area (Å²) in [4.78, 5) is 1.04. The van der Waals surface area contributed by atoms with E-state index in [0.717, 1.165) is 24.4 Å². The number of hydrogen-bond donors (Lipinski definition) is 1. The van der Waals surface area contributed by atoms with Gasteiger partial charge in [-0.2, -0.15) is 0 Å². The molecule has 16 heavy (non-hydrogen) atoms. The van der Waals surface area contributed by atoms with Gasteiger partial charge in [-0.1, -0.05) is 19.0 Å². The second-order valence-corrected chi connectivity index (χ2v) is 6.92. The zero-order valence-electron chi connectivity index (χ0n) is 8.75. The number of rotatable bonds is 2. The van der Waals surface area contributed by atoms with Crippen LogP contribution in [-0.2, 0) is 0 Å². The van der Waals surface area contributed by atoms with E-state index in [1.165, 1.54) is 0 Å². The molecule has 0 saturated carbocycles. The largest absolute Gasteiger partial charge is 0.367 e. The number of halogens is 2. The molecular formula is C10H10Br2N2OS. The van der Waals surface area contributed by atoms with Crippen LogP contribution >= 0.6 is 43.2 Å². The van der Waals surface area contributed by atoms with Crippen molar-refractivity contribution in [2.24, 2.45) is 0 Å². The van der Waals surface area contributed by atoms with Crippen molar-refractivity contribution < 1.29 is 4.52 Å². The normalized spacial score (nSPS) is 11.3. The van der Waals surface area contributed by atoms with E-state index < -0.39 is 0 Å². The fraction of sp³-hybridized carbons (Fsp3) is 0.300. The van der Waals surface area contributed by atoms with Gasteiger partial charge in [-0.15, -0.1) is 11.3 Å². The third-order valence-corrected chi connectivity index (χ3v) is 5.47. The number of hydrogen-bond acceptors (Lipinski definition) is 4. The second kappa shape index (κ2) is 4.50. The van der Waals surface area contributed by atoms with E-state index in [-0.39, 0.29) is 0 Å². The fourth-order valence-electron chi connectivity index (χ4n) is 1.51. The first-order chi connectivity index (χ1) is 7.50. The highest BCUT2D eigenvalue weighted by molar-refractivity contribution is 9.13. The number of thiophene rings is 1. The molecular weight excluding hydrogens is 356 g/mol. The molecule has 0 fully saturated rings. The van der Waals surface area contributed by atoms with Crippen molar-refractivity contribution in [1.29, 1.82) is 0 Å². The van der Waals surface area contributed by atoms with Gasteiger partial charge in [-0.3, -0.25) is 0 Å². The molecule has 0 aliphatic heterocycles. The van der Waals surface area contributed by atoms with Gasteiger partial charge >= 0.3 is 0 Å². The van der Waals surface area contributed by atoms with Crippen molar-refractivity contribution in [2.45, 2.75) is 19.8 Å². The Morgan fingerprint density at radius 1 is 1.44 bits per heavy atom. The van der Waals surface area contributed by atoms with Gasteiger partial charge in [0.1, 0.15) is 5.69 Å². The van der Waals surface area contributed by atoms with Crippen molar-refractivity contribution >= 4 is 49.1 Å². The van der Waals surface area contributed by atoms with E-state index in [2.05, 4.69) is 50.9 Å². The molecule has 2 aromatic heterocycles. The summed E-state index contributed by atoms with van der Waals surface area (Å²) in [6.45, 7) is 4.15. The molecule has 0 unspecified atom stereocenters. The minimum Gasteiger partial charge on any atom is -0.367 e. The first-order valence-corrected chi connectivity index (χ1v) is 7.11. The molecule has 0 atom stereocenters. The number of anilines is 1. The van der Waals surface area contributed by atoms with E-state index in [4.69, 9.17) is 10.3 Å². The Labute approximate surface area is 114 Å². The van der Waals surface area contributed by atoms with Crippen LogP contribution in [0.5, 0.6) is 0 Å². The molecule has 2 heterocycles. The number of nitrogens with two attached hydrogens (primary N) is 1. The lowest BCUT2D eigenvalue weighted by molar-refractivity contribution is 0.438. The van der Waals surface area contributed by atoms with Crippen LogP contribution in [0.1, 0.15) is 25.3 Å². The lowest BCUT2D eigenvalue weighted by Crippen LogP contribution is -1.93. The van der Waals surface area contributed by atoms with E-state index in [1.54, 1.807) is 11.3 Å². The Balaban J connectivity index is 2.56. The van der Waals surface area contributed by atoms with Gasteiger partial charge in [-0.25, -0.2) is 0 Å². The van der Waals surface area contributed by atoms with E-state index in [1.807, 2.05) is 6.07 Å². The summed E-state index contributed by atoms with van der Waals surface area (Å²) >= 11 is 8.52. The van der Waals surface area contributed by atoms with Crippen LogP contribution < -0.4 is 5.73 Å². The van der Waals surface area contributed by atoms with Crippen molar-refractivity contribution in [3.63, 3.8) is 0 Å². The Morgan fingerprint density at radius 2 is 2.12 bits per heavy atom. The van der Waals surface area contributed by atoms with Crippen molar-refractivity contribution in [2.75, 3.05) is 5.73 Å². The van der Waals surface area contributed by atoms with E-state index >= 15 is 0 Å². The van der Waals surface area contributed by atoms with Crippen molar-refractivity contribution in [3.8, 4) is 10.6 Å². The quantitative estimate of drug-likeness (QED) is 0.843. The molecule has 2 aromatic rings. The minimum absolute atomic E-state index is 0.293. The first kappa shape index (κ1) is 12.1. The first-order valence-electron chi connectivity index (χ1n) is 4.71. The Morgan fingerprint density at radius 3 is 2.62 bits per heavy atom. The van der Waals surface area contributed by atoms with Crippen LogP contribution in [0, 0.1) is 0 Å². The standard InChI is InChI=1S/C10H10Br2N2OS/c1-4(2)7-8(14-15-10(7)13)6-3-5(11)9(12)16-6/h3-4H,13H2,1-2H3. The predicted molar refractivity (Wildman–Crippen MR) is 73.7 cm³/mol. The zero-order valence-corrected chi connectivity index (χ0v) is 12.7. The monoisotopic (exact) mass is 364 g/mol. The molecule has 0 bridgehead atoms. The highest BCUT2D eigenvalue weighted by Gasteiger charge is 2.20. The molecule has 0 aromatic carbocycles. The van der Waals surface area contributed by atoms with Gasteiger partial charge in [0.2, 0.25) is 5.88 Å². The summed E-state index contributed by atoms with van der Waals surface area (Å²) in [5.41, 5.74) is 7.59. The van der Waals surface area contributed by atoms with Gasteiger partial charge in [0.25, 0.3) is 0 Å². The van der Waals surface area contributed by atoms with Crippen LogP contribution in [0.25, 0.3) is 10.6 Å². The molecule has 2 rings (SSSR count). The maximum atomic E-state index is 5.78. The van der Waals surface area contributed by atoms with Crippen LogP contribution in [0.3, 0.4) is 0 Å². The molecule has 86 valence electrons. The highest BCUT2D eigenvalue weighted by Crippen LogP contribution is 2.41. The topological polar surface area (TPSA) is 52.0 Å². The van der Waals surface area contributed by atoms with Crippen molar-refractivity contribution in [1.82, 2.24) is 5.16 Å². The molecule has 3 nitrogen and oxygen atoms in total. The molecule has 0 aliphatic rings. The Bertz CT molecular complexity index is 499. The van der Waals surface area contributed by atoms with Gasteiger partial charge in [-0.05, 0) is 43.8 Å². The zero-order chi connectivity index (χ0) is 11.9. The SMILES string of the molecule is CC(C)c1c(-c2cc(Br)c(Br)s2)noc1N. The summed E-state index contributed by atoms with van der Waals surface area (Å²) in [6.07, 6.45) is 0. The molecule has 0 amide bonds. The van der Waals surface area contributed by atoms with Crippen LogP contribution in [0.2, 0.25) is 0 Å². The van der Waals surface area contributed by atoms with Crippen LogP contribution in [-0.4, -0.2) is 5.16 Å². The molecule has 6 heteroatoms. The minimum atomic E-state index is 0.293. The lowest BCUT2D eigenvalue weighted by Gasteiger charge is -2.02. The summed E-state index contributed by atoms with van der Waals surface area (Å²) in [7, 11) is 0. The number of nitrogens with zero attached hydrogens (tertiary/aromatic N) is 1. The second-order valence-electron chi connectivity index (χ2n) is 3.70. The Hall–Kier alpha value is -0.330. The van der Waals surface area contributed by atoms with Gasteiger partial charge in [0.05, 0.1) is 8.66 Å². The maximum absolute atomic E-state index is 5.78. The third-order valence-electron chi connectivity index (χ3n) is 2.21. The smallest absolute Gasteiger partial charge is 0.226 e. The molecule has 0 radical (unpaired) electrons. The third kappa shape index (κ3) is 2.06. The van der Waals surface area contributed by atoms with Crippen molar-refractivity contribution in [3.05, 3.63) is 19.9 Å². The predicted octanol–water partition coefficient (Wildman–Crippen LogP) is 4.63. The summed E-state index contributed by atoms with van der Waals surface area (Å²) in [6, 6.07) is 2.01. The molecule has 2 N–H and O–H groups in total. The lowest BCUT2D eigenvalue weighted by atomic mass is 10.0. The maximum Gasteiger partial charge on any atom is 0.226 e. The van der Waals surface area contributed by atoms with Gasteiger partial charge in [0, 0.05) is 10.0 Å². The Kier molecular flexibility index (Phi) is 3.42. The molecule has 0 spiro atoms. The average Bonchev–Trinajstić information content (AvgIpc) is 2.71. The number of aromatic nitrogens is 1.